The molecule has 0 unspecified atom stereocenters. The van der Waals surface area contributed by atoms with Gasteiger partial charge in [-0.25, -0.2) is 4.98 Å². The highest BCUT2D eigenvalue weighted by Crippen LogP contribution is 2.20. The summed E-state index contributed by atoms with van der Waals surface area (Å²) in [7, 11) is 1.62. The van der Waals surface area contributed by atoms with Gasteiger partial charge in [0.1, 0.15) is 11.6 Å². The van der Waals surface area contributed by atoms with E-state index in [2.05, 4.69) is 10.3 Å². The number of hydrogen-bond donors (Lipinski definition) is 1. The predicted octanol–water partition coefficient (Wildman–Crippen LogP) is 2.14. The molecule has 0 bridgehead atoms. The maximum Gasteiger partial charge on any atom is 0.255 e. The molecule has 2 heterocycles. The van der Waals surface area contributed by atoms with Crippen molar-refractivity contribution in [3.05, 3.63) is 48.2 Å². The van der Waals surface area contributed by atoms with Crippen LogP contribution < -0.4 is 10.1 Å². The molecule has 1 aromatic heterocycles. The molecule has 2 aromatic rings. The second-order valence-electron chi connectivity index (χ2n) is 6.09. The molecule has 1 fully saturated rings. The lowest BCUT2D eigenvalue weighted by Gasteiger charge is -2.34. The lowest BCUT2D eigenvalue weighted by molar-refractivity contribution is -0.130. The SMILES string of the molecule is COc1cccc(Nc2ccc(C(=O)N3CCN(C(C)=O)CC3)cn2)c1. The van der Waals surface area contributed by atoms with Crippen molar-refractivity contribution >= 4 is 23.3 Å². The number of carbonyl (C=O) groups is 2. The minimum Gasteiger partial charge on any atom is -0.497 e. The molecule has 0 spiro atoms. The minimum absolute atomic E-state index is 0.0479. The number of ether oxygens (including phenoxy) is 1. The molecule has 136 valence electrons. The fourth-order valence-corrected chi connectivity index (χ4v) is 2.85. The van der Waals surface area contributed by atoms with Crippen LogP contribution in [0.25, 0.3) is 0 Å². The van der Waals surface area contributed by atoms with Crippen LogP contribution in [-0.2, 0) is 4.79 Å². The van der Waals surface area contributed by atoms with E-state index in [4.69, 9.17) is 4.74 Å². The second-order valence-corrected chi connectivity index (χ2v) is 6.09. The fourth-order valence-electron chi connectivity index (χ4n) is 2.85. The summed E-state index contributed by atoms with van der Waals surface area (Å²) in [5.74, 6) is 1.39. The van der Waals surface area contributed by atoms with E-state index in [0.717, 1.165) is 11.4 Å². The van der Waals surface area contributed by atoms with Crippen molar-refractivity contribution in [3.8, 4) is 5.75 Å². The Bertz CT molecular complexity index is 784. The van der Waals surface area contributed by atoms with Crippen LogP contribution in [0, 0.1) is 0 Å². The molecule has 26 heavy (non-hydrogen) atoms. The quantitative estimate of drug-likeness (QED) is 0.910. The van der Waals surface area contributed by atoms with Crippen LogP contribution in [0.5, 0.6) is 5.75 Å². The van der Waals surface area contributed by atoms with Gasteiger partial charge >= 0.3 is 0 Å². The van der Waals surface area contributed by atoms with Crippen molar-refractivity contribution in [1.82, 2.24) is 14.8 Å². The molecule has 1 aromatic carbocycles. The monoisotopic (exact) mass is 354 g/mol. The van der Waals surface area contributed by atoms with Gasteiger partial charge in [0, 0.05) is 51.1 Å². The van der Waals surface area contributed by atoms with Crippen molar-refractivity contribution < 1.29 is 14.3 Å². The molecule has 1 saturated heterocycles. The van der Waals surface area contributed by atoms with Crippen molar-refractivity contribution in [2.24, 2.45) is 0 Å². The molecule has 0 atom stereocenters. The van der Waals surface area contributed by atoms with Gasteiger partial charge in [0.2, 0.25) is 5.91 Å². The number of methoxy groups -OCH3 is 1. The van der Waals surface area contributed by atoms with Gasteiger partial charge in [-0.05, 0) is 24.3 Å². The first-order chi connectivity index (χ1) is 12.6. The number of anilines is 2. The topological polar surface area (TPSA) is 74.8 Å². The zero-order chi connectivity index (χ0) is 18.5. The summed E-state index contributed by atoms with van der Waals surface area (Å²) < 4.78 is 5.20. The Morgan fingerprint density at radius 3 is 2.42 bits per heavy atom. The Morgan fingerprint density at radius 1 is 1.08 bits per heavy atom. The van der Waals surface area contributed by atoms with Gasteiger partial charge in [-0.2, -0.15) is 0 Å². The van der Waals surface area contributed by atoms with Gasteiger partial charge in [0.15, 0.2) is 0 Å². The molecule has 2 amide bonds. The molecule has 0 saturated carbocycles. The summed E-state index contributed by atoms with van der Waals surface area (Å²) in [5.41, 5.74) is 1.40. The smallest absolute Gasteiger partial charge is 0.255 e. The van der Waals surface area contributed by atoms with E-state index >= 15 is 0 Å². The van der Waals surface area contributed by atoms with E-state index in [1.807, 2.05) is 24.3 Å². The zero-order valence-electron chi connectivity index (χ0n) is 14.9. The third kappa shape index (κ3) is 4.11. The van der Waals surface area contributed by atoms with E-state index in [0.29, 0.717) is 37.6 Å². The first kappa shape index (κ1) is 17.7. The number of benzene rings is 1. The highest BCUT2D eigenvalue weighted by atomic mass is 16.5. The molecule has 7 nitrogen and oxygen atoms in total. The molecule has 0 aliphatic carbocycles. The van der Waals surface area contributed by atoms with Gasteiger partial charge in [-0.3, -0.25) is 9.59 Å². The summed E-state index contributed by atoms with van der Waals surface area (Å²) in [4.78, 5) is 31.8. The lowest BCUT2D eigenvalue weighted by atomic mass is 10.2. The summed E-state index contributed by atoms with van der Waals surface area (Å²) in [5, 5.41) is 3.18. The standard InChI is InChI=1S/C19H22N4O3/c1-14(24)22-8-10-23(11-9-22)19(25)15-6-7-18(20-13-15)21-16-4-3-5-17(12-16)26-2/h3-7,12-13H,8-11H2,1-2H3,(H,20,21). The highest BCUT2D eigenvalue weighted by Gasteiger charge is 2.23. The zero-order valence-corrected chi connectivity index (χ0v) is 14.9. The molecular weight excluding hydrogens is 332 g/mol. The van der Waals surface area contributed by atoms with Gasteiger partial charge in [0.05, 0.1) is 12.7 Å². The van der Waals surface area contributed by atoms with Crippen molar-refractivity contribution in [3.63, 3.8) is 0 Å². The normalized spacial score (nSPS) is 14.1. The maximum absolute atomic E-state index is 12.6. The second kappa shape index (κ2) is 7.86. The molecular formula is C19H22N4O3. The number of aromatic nitrogens is 1. The van der Waals surface area contributed by atoms with Gasteiger partial charge in [0.25, 0.3) is 5.91 Å². The van der Waals surface area contributed by atoms with Crippen molar-refractivity contribution in [1.29, 1.82) is 0 Å². The molecule has 1 N–H and O–H groups in total. The Kier molecular flexibility index (Phi) is 5.36. The van der Waals surface area contributed by atoms with E-state index in [1.165, 1.54) is 0 Å². The van der Waals surface area contributed by atoms with Gasteiger partial charge in [-0.15, -0.1) is 0 Å². The molecule has 0 radical (unpaired) electrons. The summed E-state index contributed by atoms with van der Waals surface area (Å²) >= 11 is 0. The largest absolute Gasteiger partial charge is 0.497 e. The van der Waals surface area contributed by atoms with E-state index in [9.17, 15) is 9.59 Å². The number of piperazine rings is 1. The van der Waals surface area contributed by atoms with Crippen LogP contribution in [0.1, 0.15) is 17.3 Å². The predicted molar refractivity (Wildman–Crippen MR) is 98.7 cm³/mol. The fraction of sp³-hybridized carbons (Fsp3) is 0.316. The summed E-state index contributed by atoms with van der Waals surface area (Å²) in [6.45, 7) is 3.79. The minimum atomic E-state index is -0.0615. The van der Waals surface area contributed by atoms with E-state index in [-0.39, 0.29) is 11.8 Å². The molecule has 1 aliphatic heterocycles. The number of carbonyl (C=O) groups excluding carboxylic acids is 2. The van der Waals surface area contributed by atoms with E-state index < -0.39 is 0 Å². The average molecular weight is 354 g/mol. The maximum atomic E-state index is 12.6. The highest BCUT2D eigenvalue weighted by molar-refractivity contribution is 5.94. The van der Waals surface area contributed by atoms with E-state index in [1.54, 1.807) is 42.2 Å². The number of nitrogens with zero attached hydrogens (tertiary/aromatic N) is 3. The van der Waals surface area contributed by atoms with Crippen LogP contribution in [0.4, 0.5) is 11.5 Å². The Labute approximate surface area is 152 Å². The molecule has 3 rings (SSSR count). The van der Waals surface area contributed by atoms with Crippen LogP contribution in [0.2, 0.25) is 0 Å². The number of amides is 2. The van der Waals surface area contributed by atoms with Crippen LogP contribution >= 0.6 is 0 Å². The third-order valence-electron chi connectivity index (χ3n) is 4.36. The lowest BCUT2D eigenvalue weighted by Crippen LogP contribution is -2.50. The summed E-state index contributed by atoms with van der Waals surface area (Å²) in [6, 6.07) is 11.1. The van der Waals surface area contributed by atoms with Crippen LogP contribution in [-0.4, -0.2) is 59.9 Å². The number of rotatable bonds is 4. The molecule has 7 heteroatoms. The molecule has 1 aliphatic rings. The number of hydrogen-bond acceptors (Lipinski definition) is 5. The van der Waals surface area contributed by atoms with Crippen LogP contribution in [0.3, 0.4) is 0 Å². The van der Waals surface area contributed by atoms with Crippen molar-refractivity contribution in [2.45, 2.75) is 6.92 Å². The van der Waals surface area contributed by atoms with Gasteiger partial charge in [-0.1, -0.05) is 6.07 Å². The first-order valence-corrected chi connectivity index (χ1v) is 8.49. The third-order valence-corrected chi connectivity index (χ3v) is 4.36. The van der Waals surface area contributed by atoms with Crippen molar-refractivity contribution in [2.75, 3.05) is 38.6 Å². The summed E-state index contributed by atoms with van der Waals surface area (Å²) in [6.07, 6.45) is 1.57. The first-order valence-electron chi connectivity index (χ1n) is 8.49. The number of pyridine rings is 1. The number of nitrogens with one attached hydrogen (secondary N) is 1. The Hall–Kier alpha value is -3.09. The Morgan fingerprint density at radius 2 is 1.81 bits per heavy atom. The average Bonchev–Trinajstić information content (AvgIpc) is 2.68. The van der Waals surface area contributed by atoms with Gasteiger partial charge < -0.3 is 19.9 Å². The van der Waals surface area contributed by atoms with Crippen LogP contribution in [0.15, 0.2) is 42.6 Å². The Balaban J connectivity index is 1.62.